The van der Waals surface area contributed by atoms with E-state index < -0.39 is 0 Å². The number of benzene rings is 1. The molecule has 106 valence electrons. The average molecular weight is 277 g/mol. The summed E-state index contributed by atoms with van der Waals surface area (Å²) >= 11 is 0. The van der Waals surface area contributed by atoms with Crippen molar-refractivity contribution in [2.75, 3.05) is 13.2 Å². The van der Waals surface area contributed by atoms with Crippen LogP contribution in [0.1, 0.15) is 23.8 Å². The standard InChI is InChI=1S/C14H16FN3O2/c1-8-2-3-9(6-11(8)15)13-17-14(20-18-13)10-7-19-5-4-12(10)16/h2-3,6,10,12H,4-5,7,16H2,1H3. The molecule has 2 atom stereocenters. The zero-order chi connectivity index (χ0) is 14.1. The second-order valence-electron chi connectivity index (χ2n) is 5.05. The Morgan fingerprint density at radius 1 is 1.40 bits per heavy atom. The number of aromatic nitrogens is 2. The zero-order valence-corrected chi connectivity index (χ0v) is 11.2. The molecule has 0 amide bonds. The third kappa shape index (κ3) is 2.44. The first-order chi connectivity index (χ1) is 9.65. The van der Waals surface area contributed by atoms with E-state index in [0.29, 0.717) is 36.1 Å². The van der Waals surface area contributed by atoms with Gasteiger partial charge in [-0.2, -0.15) is 4.98 Å². The first kappa shape index (κ1) is 13.2. The van der Waals surface area contributed by atoms with Crippen LogP contribution in [-0.4, -0.2) is 29.4 Å². The van der Waals surface area contributed by atoms with E-state index in [4.69, 9.17) is 15.0 Å². The summed E-state index contributed by atoms with van der Waals surface area (Å²) < 4.78 is 24.2. The summed E-state index contributed by atoms with van der Waals surface area (Å²) in [6.07, 6.45) is 0.765. The van der Waals surface area contributed by atoms with Gasteiger partial charge in [0.1, 0.15) is 5.82 Å². The summed E-state index contributed by atoms with van der Waals surface area (Å²) in [6, 6.07) is 4.81. The third-order valence-electron chi connectivity index (χ3n) is 3.60. The van der Waals surface area contributed by atoms with Gasteiger partial charge in [-0.3, -0.25) is 0 Å². The lowest BCUT2D eigenvalue weighted by molar-refractivity contribution is 0.0590. The number of rotatable bonds is 2. The number of ether oxygens (including phenoxy) is 1. The molecule has 1 saturated heterocycles. The van der Waals surface area contributed by atoms with E-state index in [2.05, 4.69) is 10.1 Å². The fourth-order valence-electron chi connectivity index (χ4n) is 2.24. The highest BCUT2D eigenvalue weighted by Crippen LogP contribution is 2.26. The molecule has 0 saturated carbocycles. The Balaban J connectivity index is 1.87. The fourth-order valence-corrected chi connectivity index (χ4v) is 2.24. The van der Waals surface area contributed by atoms with Gasteiger partial charge in [0.15, 0.2) is 0 Å². The summed E-state index contributed by atoms with van der Waals surface area (Å²) in [5.41, 5.74) is 7.21. The van der Waals surface area contributed by atoms with Crippen molar-refractivity contribution in [1.29, 1.82) is 0 Å². The molecule has 2 aromatic rings. The minimum atomic E-state index is -0.286. The summed E-state index contributed by atoms with van der Waals surface area (Å²) in [5, 5.41) is 3.90. The summed E-state index contributed by atoms with van der Waals surface area (Å²) in [4.78, 5) is 4.32. The molecule has 3 rings (SSSR count). The molecule has 1 aliphatic rings. The maximum atomic E-state index is 13.6. The van der Waals surface area contributed by atoms with E-state index in [0.717, 1.165) is 6.42 Å². The van der Waals surface area contributed by atoms with Crippen LogP contribution >= 0.6 is 0 Å². The molecule has 2 unspecified atom stereocenters. The van der Waals surface area contributed by atoms with E-state index >= 15 is 0 Å². The molecule has 2 heterocycles. The van der Waals surface area contributed by atoms with Crippen LogP contribution in [-0.2, 0) is 4.74 Å². The molecular formula is C14H16FN3O2. The second kappa shape index (κ2) is 5.30. The topological polar surface area (TPSA) is 74.2 Å². The monoisotopic (exact) mass is 277 g/mol. The number of nitrogens with two attached hydrogens (primary N) is 1. The molecular weight excluding hydrogens is 261 g/mol. The molecule has 0 radical (unpaired) electrons. The molecule has 0 aliphatic carbocycles. The zero-order valence-electron chi connectivity index (χ0n) is 11.2. The van der Waals surface area contributed by atoms with Crippen LogP contribution in [0.4, 0.5) is 4.39 Å². The Labute approximate surface area is 115 Å². The molecule has 0 spiro atoms. The van der Waals surface area contributed by atoms with E-state index in [1.54, 1.807) is 19.1 Å². The van der Waals surface area contributed by atoms with Gasteiger partial charge in [0.2, 0.25) is 11.7 Å². The van der Waals surface area contributed by atoms with Gasteiger partial charge in [-0.15, -0.1) is 0 Å². The third-order valence-corrected chi connectivity index (χ3v) is 3.60. The highest BCUT2D eigenvalue weighted by atomic mass is 19.1. The second-order valence-corrected chi connectivity index (χ2v) is 5.05. The minimum absolute atomic E-state index is 0.0493. The highest BCUT2D eigenvalue weighted by Gasteiger charge is 2.29. The largest absolute Gasteiger partial charge is 0.381 e. The first-order valence-electron chi connectivity index (χ1n) is 6.58. The fraction of sp³-hybridized carbons (Fsp3) is 0.429. The van der Waals surface area contributed by atoms with Crippen molar-refractivity contribution in [2.24, 2.45) is 5.73 Å². The summed E-state index contributed by atoms with van der Waals surface area (Å²) in [7, 11) is 0. The Morgan fingerprint density at radius 3 is 3.00 bits per heavy atom. The normalized spacial score (nSPS) is 22.9. The van der Waals surface area contributed by atoms with E-state index in [1.165, 1.54) is 6.07 Å². The molecule has 1 aromatic carbocycles. The summed E-state index contributed by atoms with van der Waals surface area (Å²) in [6.45, 7) is 2.84. The highest BCUT2D eigenvalue weighted by molar-refractivity contribution is 5.55. The van der Waals surface area contributed by atoms with Crippen molar-refractivity contribution < 1.29 is 13.7 Å². The average Bonchev–Trinajstić information content (AvgIpc) is 2.92. The molecule has 5 nitrogen and oxygen atoms in total. The molecule has 1 aromatic heterocycles. The van der Waals surface area contributed by atoms with Crippen molar-refractivity contribution in [1.82, 2.24) is 10.1 Å². The molecule has 1 fully saturated rings. The number of aryl methyl sites for hydroxylation is 1. The van der Waals surface area contributed by atoms with Gasteiger partial charge in [0.25, 0.3) is 0 Å². The van der Waals surface area contributed by atoms with Crippen molar-refractivity contribution in [3.63, 3.8) is 0 Å². The number of nitrogens with zero attached hydrogens (tertiary/aromatic N) is 2. The lowest BCUT2D eigenvalue weighted by Gasteiger charge is -2.25. The molecule has 2 N–H and O–H groups in total. The predicted octanol–water partition coefficient (Wildman–Crippen LogP) is 2.02. The van der Waals surface area contributed by atoms with Crippen molar-refractivity contribution in [3.05, 3.63) is 35.5 Å². The smallest absolute Gasteiger partial charge is 0.233 e. The van der Waals surface area contributed by atoms with Crippen LogP contribution in [0.3, 0.4) is 0 Å². The first-order valence-corrected chi connectivity index (χ1v) is 6.58. The molecule has 0 bridgehead atoms. The maximum Gasteiger partial charge on any atom is 0.233 e. The van der Waals surface area contributed by atoms with Crippen LogP contribution in [0.5, 0.6) is 0 Å². The Bertz CT molecular complexity index is 614. The van der Waals surface area contributed by atoms with Gasteiger partial charge in [-0.25, -0.2) is 4.39 Å². The quantitative estimate of drug-likeness (QED) is 0.909. The lowest BCUT2D eigenvalue weighted by Crippen LogP contribution is -2.37. The Morgan fingerprint density at radius 2 is 2.25 bits per heavy atom. The van der Waals surface area contributed by atoms with Gasteiger partial charge in [0, 0.05) is 18.2 Å². The van der Waals surface area contributed by atoms with E-state index in [1.807, 2.05) is 0 Å². The van der Waals surface area contributed by atoms with Crippen LogP contribution in [0.2, 0.25) is 0 Å². The Hall–Kier alpha value is -1.79. The van der Waals surface area contributed by atoms with Crippen molar-refractivity contribution in [2.45, 2.75) is 25.3 Å². The van der Waals surface area contributed by atoms with Gasteiger partial charge in [-0.05, 0) is 25.0 Å². The van der Waals surface area contributed by atoms with E-state index in [-0.39, 0.29) is 17.8 Å². The molecule has 6 heteroatoms. The molecule has 1 aliphatic heterocycles. The maximum absolute atomic E-state index is 13.6. The van der Waals surface area contributed by atoms with Crippen LogP contribution in [0.25, 0.3) is 11.4 Å². The van der Waals surface area contributed by atoms with Crippen LogP contribution in [0.15, 0.2) is 22.7 Å². The van der Waals surface area contributed by atoms with Gasteiger partial charge >= 0.3 is 0 Å². The molecule has 20 heavy (non-hydrogen) atoms. The summed E-state index contributed by atoms with van der Waals surface area (Å²) in [5.74, 6) is 0.441. The Kier molecular flexibility index (Phi) is 3.50. The minimum Gasteiger partial charge on any atom is -0.381 e. The number of halogens is 1. The van der Waals surface area contributed by atoms with E-state index in [9.17, 15) is 4.39 Å². The predicted molar refractivity (Wildman–Crippen MR) is 70.6 cm³/mol. The van der Waals surface area contributed by atoms with Crippen molar-refractivity contribution in [3.8, 4) is 11.4 Å². The lowest BCUT2D eigenvalue weighted by atomic mass is 9.97. The van der Waals surface area contributed by atoms with Crippen molar-refractivity contribution >= 4 is 0 Å². The number of hydrogen-bond donors (Lipinski definition) is 1. The van der Waals surface area contributed by atoms with Crippen LogP contribution < -0.4 is 5.73 Å². The van der Waals surface area contributed by atoms with Gasteiger partial charge in [-0.1, -0.05) is 17.3 Å². The van der Waals surface area contributed by atoms with Gasteiger partial charge in [0.05, 0.1) is 12.5 Å². The van der Waals surface area contributed by atoms with Crippen LogP contribution in [0, 0.1) is 12.7 Å². The SMILES string of the molecule is Cc1ccc(-c2noc(C3COCCC3N)n2)cc1F. The number of hydrogen-bond acceptors (Lipinski definition) is 5. The van der Waals surface area contributed by atoms with Gasteiger partial charge < -0.3 is 15.0 Å².